The third-order valence-corrected chi connectivity index (χ3v) is 21.7. The standard InChI is InChI=1S/C86H152N12O45/c1-53(2)134-35-29-128-27-25-127-26-28-129-30-36-135-58-41-97(42-58)67(111)7-8-68(112)98(43-69(113)95(13-21-130-49-63(107)87-9-17-123-31-37-136-83-71(91-54(3)103)79(119)75(115)59(45-99)140-83)14-22-131-50-64(108)88-10-18-124-32-38-137-84-72(92-55(4)104)80(120)76(116)60(46-100)141-84)44-70(114)96(15-23-132-51-65(109)89-11-19-125-33-39-138-85-73(93-56(5)105)81(121)77(117)61(47-101)142-85)16-24-133-52-66(110)90-12-20-126-34-40-139-86-74(94-57(6)106)82(122)78(118)62(48-102)143-86/h53,58-62,71-86,99-102,115-122H,7-52H2,1-6H3,(H,87,107)(H,88,108)(H,89,109)(H,90,110)(H,91,103)(H,92,104)(H,93,105)(H,94,106). The summed E-state index contributed by atoms with van der Waals surface area (Å²) in [6.07, 6.45) is -23.7. The summed E-state index contributed by atoms with van der Waals surface area (Å²) < 4.78 is 118. The van der Waals surface area contributed by atoms with E-state index in [0.717, 1.165) is 14.7 Å². The van der Waals surface area contributed by atoms with E-state index in [9.17, 15) is 119 Å². The molecule has 0 radical (unpaired) electrons. The Morgan fingerprint density at radius 2 is 0.559 bits per heavy atom. The van der Waals surface area contributed by atoms with Gasteiger partial charge in [-0.3, -0.25) is 57.5 Å². The number of nitrogens with zero attached hydrogens (tertiary/aromatic N) is 4. The van der Waals surface area contributed by atoms with Crippen molar-refractivity contribution < 1.29 is 218 Å². The summed E-state index contributed by atoms with van der Waals surface area (Å²) in [5.41, 5.74) is 0. The molecule has 20 unspecified atom stereocenters. The van der Waals surface area contributed by atoms with Gasteiger partial charge in [0.1, 0.15) is 137 Å². The van der Waals surface area contributed by atoms with Crippen molar-refractivity contribution >= 4 is 70.9 Å². The lowest BCUT2D eigenvalue weighted by atomic mass is 9.97. The lowest BCUT2D eigenvalue weighted by Crippen LogP contribution is -2.64. The van der Waals surface area contributed by atoms with E-state index in [-0.39, 0.29) is 203 Å². The number of aliphatic hydroxyl groups excluding tert-OH is 12. The van der Waals surface area contributed by atoms with Gasteiger partial charge in [-0.25, -0.2) is 0 Å². The Balaban J connectivity index is 1.28. The number of hydrogen-bond acceptors (Lipinski definition) is 45. The number of carbonyl (C=O) groups is 12. The van der Waals surface area contributed by atoms with Crippen molar-refractivity contribution in [2.45, 2.75) is 189 Å². The number of carbonyl (C=O) groups excluding carboxylic acids is 12. The van der Waals surface area contributed by atoms with Crippen LogP contribution in [-0.4, -0.2) is 577 Å². The predicted octanol–water partition coefficient (Wildman–Crippen LogP) is -14.6. The minimum Gasteiger partial charge on any atom is -0.394 e. The number of aliphatic hydroxyl groups is 12. The molecule has 12 amide bonds. The molecule has 0 aliphatic carbocycles. The molecule has 0 spiro atoms. The van der Waals surface area contributed by atoms with Crippen molar-refractivity contribution in [1.29, 1.82) is 0 Å². The van der Waals surface area contributed by atoms with Crippen LogP contribution in [0, 0.1) is 0 Å². The minimum absolute atomic E-state index is 0.0556. The van der Waals surface area contributed by atoms with Crippen LogP contribution in [0.1, 0.15) is 54.4 Å². The maximum atomic E-state index is 14.9. The van der Waals surface area contributed by atoms with Crippen molar-refractivity contribution in [1.82, 2.24) is 62.1 Å². The number of hydrogen-bond donors (Lipinski definition) is 20. The maximum absolute atomic E-state index is 14.9. The van der Waals surface area contributed by atoms with Crippen molar-refractivity contribution in [2.75, 3.05) is 290 Å². The fraction of sp³-hybridized carbons (Fsp3) is 0.860. The first kappa shape index (κ1) is 126. The quantitative estimate of drug-likeness (QED) is 0.0251. The summed E-state index contributed by atoms with van der Waals surface area (Å²) in [5, 5.41) is 143. The second kappa shape index (κ2) is 72.6. The molecule has 0 aromatic heterocycles. The third-order valence-electron chi connectivity index (χ3n) is 21.7. The van der Waals surface area contributed by atoms with E-state index in [0.29, 0.717) is 33.0 Å². The van der Waals surface area contributed by atoms with Crippen LogP contribution < -0.4 is 42.5 Å². The summed E-state index contributed by atoms with van der Waals surface area (Å²) in [6.45, 7) is 0.679. The summed E-state index contributed by atoms with van der Waals surface area (Å²) in [6, 6.07) is -4.80. The molecule has 5 aliphatic rings. The molecular weight excluding hydrogens is 1920 g/mol. The molecule has 0 aromatic rings. The van der Waals surface area contributed by atoms with Crippen molar-refractivity contribution in [3.05, 3.63) is 0 Å². The lowest BCUT2D eigenvalue weighted by Gasteiger charge is -2.42. The molecule has 57 heteroatoms. The van der Waals surface area contributed by atoms with Crippen LogP contribution in [0.15, 0.2) is 0 Å². The van der Waals surface area contributed by atoms with Gasteiger partial charge in [-0.1, -0.05) is 0 Å². The zero-order valence-electron chi connectivity index (χ0n) is 81.9. The zero-order valence-corrected chi connectivity index (χ0v) is 81.9. The van der Waals surface area contributed by atoms with E-state index in [1.54, 1.807) is 0 Å². The molecule has 0 bridgehead atoms. The van der Waals surface area contributed by atoms with Gasteiger partial charge in [0.2, 0.25) is 70.9 Å². The Morgan fingerprint density at radius 3 is 0.818 bits per heavy atom. The highest BCUT2D eigenvalue weighted by Gasteiger charge is 2.50. The highest BCUT2D eigenvalue weighted by Crippen LogP contribution is 2.27. The first-order valence-corrected chi connectivity index (χ1v) is 47.4. The monoisotopic (exact) mass is 2070 g/mol. The number of nitrogens with one attached hydrogen (secondary N) is 8. The SMILES string of the molecule is CC(=O)NC1C(OCCOCCNC(=O)COCCN(CCOCC(=O)NCCOCCOC2OC(CO)C(O)C(O)C2NC(C)=O)C(=O)CN(CC(=O)N(CCOCC(=O)NCCOCCOC2OC(CO)C(O)C(O)C2NC(C)=O)CCOCC(=O)NCCOCCOC2OC(CO)C(O)C(O)C2NC(C)=O)C(=O)CCC(=O)N2CC(OCCOCCOCCOCCOC(C)C)C2)OC(CO)C(O)C1O. The molecule has 826 valence electrons. The Kier molecular flexibility index (Phi) is 63.9. The first-order chi connectivity index (χ1) is 68.6. The van der Waals surface area contributed by atoms with Crippen LogP contribution in [0.3, 0.4) is 0 Å². The fourth-order valence-corrected chi connectivity index (χ4v) is 14.3. The Labute approximate surface area is 827 Å². The maximum Gasteiger partial charge on any atom is 0.246 e. The van der Waals surface area contributed by atoms with Crippen LogP contribution in [0.2, 0.25) is 0 Å². The third kappa shape index (κ3) is 49.8. The summed E-state index contributed by atoms with van der Waals surface area (Å²) >= 11 is 0. The Morgan fingerprint density at radius 1 is 0.308 bits per heavy atom. The average Bonchev–Trinajstić information content (AvgIpc) is 0.816. The van der Waals surface area contributed by atoms with Crippen molar-refractivity contribution in [3.8, 4) is 0 Å². The minimum atomic E-state index is -1.55. The number of ether oxygens (including phenoxy) is 21. The lowest BCUT2D eigenvalue weighted by molar-refractivity contribution is -0.272. The molecule has 0 saturated carbocycles. The van der Waals surface area contributed by atoms with E-state index in [1.807, 2.05) is 13.8 Å². The topological polar surface area (TPSA) is 751 Å². The van der Waals surface area contributed by atoms with Crippen LogP contribution in [-0.2, 0) is 157 Å². The molecule has 5 heterocycles. The second-order valence-electron chi connectivity index (χ2n) is 33.3. The molecule has 0 aromatic carbocycles. The first-order valence-electron chi connectivity index (χ1n) is 47.4. The molecule has 20 N–H and O–H groups in total. The van der Waals surface area contributed by atoms with Gasteiger partial charge >= 0.3 is 0 Å². The van der Waals surface area contributed by atoms with Gasteiger partial charge in [-0.2, -0.15) is 0 Å². The van der Waals surface area contributed by atoms with Crippen LogP contribution in [0.5, 0.6) is 0 Å². The normalized spacial score (nSPS) is 24.9. The highest BCUT2D eigenvalue weighted by molar-refractivity contribution is 5.91. The number of amides is 12. The van der Waals surface area contributed by atoms with E-state index in [4.69, 9.17) is 99.5 Å². The van der Waals surface area contributed by atoms with Gasteiger partial charge in [0.05, 0.1) is 197 Å². The molecule has 20 atom stereocenters. The highest BCUT2D eigenvalue weighted by atomic mass is 16.7. The zero-order chi connectivity index (χ0) is 105. The van der Waals surface area contributed by atoms with Crippen molar-refractivity contribution in [2.24, 2.45) is 0 Å². The van der Waals surface area contributed by atoms with Gasteiger partial charge in [0.25, 0.3) is 0 Å². The Hall–Kier alpha value is -7.68. The van der Waals surface area contributed by atoms with Gasteiger partial charge < -0.3 is 223 Å². The largest absolute Gasteiger partial charge is 0.394 e. The van der Waals surface area contributed by atoms with Gasteiger partial charge in [-0.15, -0.1) is 0 Å². The summed E-state index contributed by atoms with van der Waals surface area (Å²) in [5.74, 6) is -7.84. The second-order valence-corrected chi connectivity index (χ2v) is 33.3. The molecule has 5 saturated heterocycles. The fourth-order valence-electron chi connectivity index (χ4n) is 14.3. The number of rotatable bonds is 77. The van der Waals surface area contributed by atoms with E-state index < -0.39 is 272 Å². The van der Waals surface area contributed by atoms with Crippen LogP contribution in [0.25, 0.3) is 0 Å². The predicted molar refractivity (Wildman–Crippen MR) is 483 cm³/mol. The smallest absolute Gasteiger partial charge is 0.246 e. The van der Waals surface area contributed by atoms with Gasteiger partial charge in [-0.05, 0) is 13.8 Å². The van der Waals surface area contributed by atoms with Gasteiger partial charge in [0, 0.05) is 106 Å². The molecule has 5 rings (SSSR count). The average molecular weight is 2070 g/mol. The summed E-state index contributed by atoms with van der Waals surface area (Å²) in [7, 11) is 0. The van der Waals surface area contributed by atoms with Crippen LogP contribution in [0.4, 0.5) is 0 Å². The van der Waals surface area contributed by atoms with Gasteiger partial charge in [0.15, 0.2) is 25.2 Å². The molecule has 5 aliphatic heterocycles. The molecular formula is C86H152N12O45. The van der Waals surface area contributed by atoms with Crippen LogP contribution >= 0.6 is 0 Å². The van der Waals surface area contributed by atoms with E-state index in [1.165, 1.54) is 32.6 Å². The Bertz CT molecular complexity index is 3290. The molecule has 5 fully saturated rings. The van der Waals surface area contributed by atoms with E-state index >= 15 is 0 Å². The van der Waals surface area contributed by atoms with E-state index in [2.05, 4.69) is 42.5 Å². The number of likely N-dealkylation sites (tertiary alicyclic amines) is 1. The molecule has 57 nitrogen and oxygen atoms in total. The molecule has 143 heavy (non-hydrogen) atoms. The summed E-state index contributed by atoms with van der Waals surface area (Å²) in [4.78, 5) is 163. The van der Waals surface area contributed by atoms with Crippen molar-refractivity contribution in [3.63, 3.8) is 0 Å².